The van der Waals surface area contributed by atoms with Gasteiger partial charge in [0, 0.05) is 113 Å². The average molecular weight is 1820 g/mol. The van der Waals surface area contributed by atoms with Crippen LogP contribution in [0, 0.1) is 17.8 Å². The highest BCUT2D eigenvalue weighted by Crippen LogP contribution is 2.27. The van der Waals surface area contributed by atoms with Gasteiger partial charge in [0.1, 0.15) is 65.9 Å². The molecule has 0 radical (unpaired) electrons. The molecule has 9 rings (SSSR count). The lowest BCUT2D eigenvalue weighted by Gasteiger charge is -2.37. The first-order valence-electron chi connectivity index (χ1n) is 43.5. The number of amides is 14. The van der Waals surface area contributed by atoms with E-state index >= 15 is 38.4 Å². The topological polar surface area (TPSA) is 513 Å². The van der Waals surface area contributed by atoms with E-state index in [0.717, 1.165) is 21.6 Å². The minimum absolute atomic E-state index is 0.0319. The molecule has 698 valence electrons. The van der Waals surface area contributed by atoms with Gasteiger partial charge in [-0.05, 0) is 107 Å². The fraction of sp³-hybridized carbons (Fsp3) is 0.411. The number of nitrogens with zero attached hydrogens (tertiary/aromatic N) is 4. The van der Waals surface area contributed by atoms with Gasteiger partial charge >= 0.3 is 5.97 Å². The summed E-state index contributed by atoms with van der Waals surface area (Å²) in [6.45, 7) is 6.24. The van der Waals surface area contributed by atoms with Crippen molar-refractivity contribution in [1.82, 2.24) is 77.4 Å². The van der Waals surface area contributed by atoms with E-state index < -0.39 is 205 Å². The third-order valence-electron chi connectivity index (χ3n) is 22.7. The van der Waals surface area contributed by atoms with Gasteiger partial charge in [-0.1, -0.05) is 163 Å². The fourth-order valence-electron chi connectivity index (χ4n) is 15.7. The number of H-pyrrole nitrogens is 2. The fourth-order valence-corrected chi connectivity index (χ4v) is 16.5. The van der Waals surface area contributed by atoms with Crippen LogP contribution in [0.4, 0.5) is 0 Å². The van der Waals surface area contributed by atoms with Crippen molar-refractivity contribution in [2.75, 3.05) is 59.3 Å². The number of carboxylic acids is 1. The second-order valence-electron chi connectivity index (χ2n) is 33.8. The maximum Gasteiger partial charge on any atom is 0.305 e. The number of hydrogen-bond donors (Lipinski definition) is 15. The lowest BCUT2D eigenvalue weighted by atomic mass is 9.87. The number of phenols is 2. The molecular weight excluding hydrogens is 1700 g/mol. The number of para-hydroxylation sites is 1. The Morgan fingerprint density at radius 3 is 1.57 bits per heavy atom. The highest BCUT2D eigenvalue weighted by Gasteiger charge is 2.42. The molecular formula is C95H118N16O19S. The van der Waals surface area contributed by atoms with Gasteiger partial charge in [-0.2, -0.15) is 0 Å². The number of phenolic OH excluding ortho intramolecular Hbond substituents is 2. The van der Waals surface area contributed by atoms with Crippen LogP contribution in [0.1, 0.15) is 107 Å². The van der Waals surface area contributed by atoms with Crippen LogP contribution >= 0.6 is 11.8 Å². The predicted octanol–water partition coefficient (Wildman–Crippen LogP) is 3.56. The Bertz CT molecular complexity index is 5360. The summed E-state index contributed by atoms with van der Waals surface area (Å²) in [5, 5.41) is 56.5. The van der Waals surface area contributed by atoms with Crippen LogP contribution in [0.3, 0.4) is 0 Å². The first kappa shape index (κ1) is 101. The van der Waals surface area contributed by atoms with Gasteiger partial charge in [0.15, 0.2) is 5.78 Å². The maximum absolute atomic E-state index is 15.5. The summed E-state index contributed by atoms with van der Waals surface area (Å²) in [5.74, 6) is -18.5. The molecule has 36 heteroatoms. The zero-order chi connectivity index (χ0) is 95.3. The molecule has 1 aliphatic rings. The number of aliphatic carboxylic acids is 1. The third kappa shape index (κ3) is 29.8. The van der Waals surface area contributed by atoms with E-state index in [0.29, 0.717) is 68.0 Å². The van der Waals surface area contributed by atoms with E-state index in [-0.39, 0.29) is 74.5 Å². The minimum atomic E-state index is -1.89. The highest BCUT2D eigenvalue weighted by molar-refractivity contribution is 8.00. The van der Waals surface area contributed by atoms with Crippen LogP contribution in [-0.2, 0) is 115 Å². The minimum Gasteiger partial charge on any atom is -0.508 e. The first-order valence-corrected chi connectivity index (χ1v) is 44.6. The second kappa shape index (κ2) is 48.5. The summed E-state index contributed by atoms with van der Waals surface area (Å²) in [6, 6.07) is 27.5. The molecule has 2 aromatic heterocycles. The molecule has 35 nitrogen and oxygen atoms in total. The Kier molecular flexibility index (Phi) is 37.3. The summed E-state index contributed by atoms with van der Waals surface area (Å²) in [6.07, 6.45) is 1.22. The Morgan fingerprint density at radius 1 is 0.481 bits per heavy atom. The Hall–Kier alpha value is -13.9. The molecule has 1 saturated heterocycles. The lowest BCUT2D eigenvalue weighted by molar-refractivity contribution is -0.151. The van der Waals surface area contributed by atoms with E-state index in [9.17, 15) is 53.7 Å². The number of carbonyl (C=O) groups is 16. The number of unbranched alkanes of at least 4 members (excludes halogenated alkanes) is 1. The quantitative estimate of drug-likeness (QED) is 0.0435. The van der Waals surface area contributed by atoms with Gasteiger partial charge in [0.05, 0.1) is 37.8 Å². The molecule has 11 atom stereocenters. The van der Waals surface area contributed by atoms with Crippen LogP contribution in [-0.4, -0.2) is 259 Å². The Balaban J connectivity index is 1.11. The van der Waals surface area contributed by atoms with Gasteiger partial charge in [-0.3, -0.25) is 76.7 Å². The van der Waals surface area contributed by atoms with Crippen molar-refractivity contribution in [2.45, 2.75) is 172 Å². The molecule has 0 aliphatic carbocycles. The molecule has 0 bridgehead atoms. The predicted molar refractivity (Wildman–Crippen MR) is 490 cm³/mol. The van der Waals surface area contributed by atoms with Gasteiger partial charge < -0.3 is 98.5 Å². The number of hydrogen-bond acceptors (Lipinski definition) is 19. The number of ketones is 1. The van der Waals surface area contributed by atoms with Crippen LogP contribution in [0.2, 0.25) is 0 Å². The summed E-state index contributed by atoms with van der Waals surface area (Å²) >= 11 is 0.830. The number of benzene rings is 6. The monoisotopic (exact) mass is 1820 g/mol. The SMILES string of the molecule is CCCC[C@H]1C(=O)N(C)CC(=O)N[C@@H](CC(=O)O)C(=O)N[C@@H](C(C)C)C(=O)C[C@@H](Cc2cccc3[nH]ccc23)C(=O)N[C@@H](Cc2ccc(O)cc2)C(=O)N(C)CC(=O)N[C@@H](Cc2c[nH]c3ccccc23)C(=O)N[C@@H](Cc2ccc(O)cc2)C(=O)N[C@@H](CC(C)C)C(=O)N[C@H](C(=O)NCC(N)=O)CSCC(=O)N[C@@H](Cc2ccccc2)C(=O)N(C)[C@@H](Cc2ccccc2)C(=O)N1C. The van der Waals surface area contributed by atoms with E-state index in [2.05, 4.69) is 57.8 Å². The van der Waals surface area contributed by atoms with E-state index in [1.54, 1.807) is 149 Å². The second-order valence-corrected chi connectivity index (χ2v) is 34.9. The number of carbonyl (C=O) groups excluding carboxylic acids is 15. The number of carboxylic acid groups (broad SMARTS) is 1. The van der Waals surface area contributed by atoms with Gasteiger partial charge in [-0.15, -0.1) is 11.8 Å². The number of nitrogens with two attached hydrogens (primary N) is 1. The van der Waals surface area contributed by atoms with Crippen molar-refractivity contribution in [3.8, 4) is 11.5 Å². The molecule has 6 aromatic carbocycles. The van der Waals surface area contributed by atoms with E-state index in [1.165, 1.54) is 86.5 Å². The maximum atomic E-state index is 15.5. The van der Waals surface area contributed by atoms with E-state index in [1.807, 2.05) is 6.92 Å². The summed E-state index contributed by atoms with van der Waals surface area (Å²) < 4.78 is 0. The Morgan fingerprint density at radius 2 is 0.977 bits per heavy atom. The first-order chi connectivity index (χ1) is 62.4. The number of nitrogens with one attached hydrogen (secondary N) is 11. The van der Waals surface area contributed by atoms with Crippen LogP contribution in [0.25, 0.3) is 21.8 Å². The van der Waals surface area contributed by atoms with Crippen molar-refractivity contribution in [3.05, 3.63) is 203 Å². The van der Waals surface area contributed by atoms with Crippen LogP contribution < -0.4 is 53.6 Å². The van der Waals surface area contributed by atoms with Crippen molar-refractivity contribution < 1.29 is 92.0 Å². The zero-order valence-corrected chi connectivity index (χ0v) is 75.7. The number of fused-ring (bicyclic) bond motifs is 2. The van der Waals surface area contributed by atoms with Crippen molar-refractivity contribution >= 4 is 128 Å². The number of aromatic amines is 2. The number of aromatic nitrogens is 2. The number of thioether (sulfide) groups is 1. The molecule has 0 unspecified atom stereocenters. The summed E-state index contributed by atoms with van der Waals surface area (Å²) in [7, 11) is 5.28. The number of likely N-dealkylation sites (N-methyl/N-ethyl adjacent to an activating group) is 4. The largest absolute Gasteiger partial charge is 0.508 e. The normalized spacial score (nSPS) is 21.8. The van der Waals surface area contributed by atoms with Crippen molar-refractivity contribution in [1.29, 1.82) is 0 Å². The summed E-state index contributed by atoms with van der Waals surface area (Å²) in [5.41, 5.74) is 9.86. The molecule has 1 fully saturated rings. The smallest absolute Gasteiger partial charge is 0.305 e. The molecule has 0 spiro atoms. The lowest BCUT2D eigenvalue weighted by Crippen LogP contribution is -2.60. The number of primary amides is 1. The molecule has 0 saturated carbocycles. The van der Waals surface area contributed by atoms with Crippen LogP contribution in [0.5, 0.6) is 11.5 Å². The number of Topliss-reactive ketones (excluding diaryl/α,β-unsaturated/α-hetero) is 1. The molecule has 16 N–H and O–H groups in total. The number of aromatic hydroxyl groups is 2. The highest BCUT2D eigenvalue weighted by atomic mass is 32.2. The van der Waals surface area contributed by atoms with Crippen LogP contribution in [0.15, 0.2) is 170 Å². The Labute approximate surface area is 763 Å². The van der Waals surface area contributed by atoms with Gasteiger partial charge in [-0.25, -0.2) is 0 Å². The average Bonchev–Trinajstić information content (AvgIpc) is 1.48. The number of rotatable bonds is 23. The zero-order valence-electron chi connectivity index (χ0n) is 74.8. The molecule has 14 amide bonds. The van der Waals surface area contributed by atoms with E-state index in [4.69, 9.17) is 5.73 Å². The molecule has 3 heterocycles. The molecule has 131 heavy (non-hydrogen) atoms. The molecule has 1 aliphatic heterocycles. The third-order valence-corrected chi connectivity index (χ3v) is 23.8. The standard InChI is InChI=1S/C95H118N16O19S/c1-10-11-29-77-94(129)109(7)52-82(117)101-73(48-84(119)120)91(126)107-85(56(4)5)79(114)47-62(45-61-25-20-28-68-67(61)38-39-97-68)86(121)105-74(43-60-32-36-65(113)37-33-60)92(127)108(6)51-81(116)100-72(46-63-49-98-69-27-19-18-26-66(63)69)90(125)104-71(41-59-30-34-64(112)35-31-59)89(124)103-70(40-55(2)3)88(123)106-76(87(122)99-50-80(96)115)53-131-54-83(118)102-75(42-57-21-14-12-15-22-57)93(128)111(9)78(95(130)110(77)8)44-58-23-16-13-17-24-58/h12-28,30-39,49,55-56,62,70-78,85,97-98,112-113H,10-11,29,40-48,50-54H2,1-9H3,(H2,96,115)(H,99,122)(H,100,116)(H,101,117)(H,102,118)(H,103,124)(H,104,125)(H,105,121)(H,106,123)(H,107,126)(H,119,120)/t62-,70+,71+,72+,73+,74+,75+,76+,77+,78+,85+/m1/s1. The van der Waals surface area contributed by atoms with Gasteiger partial charge in [0.25, 0.3) is 0 Å². The molecule has 8 aromatic rings. The van der Waals surface area contributed by atoms with Crippen molar-refractivity contribution in [2.24, 2.45) is 23.5 Å². The van der Waals surface area contributed by atoms with Gasteiger partial charge in [0.2, 0.25) is 82.7 Å². The van der Waals surface area contributed by atoms with Crippen molar-refractivity contribution in [3.63, 3.8) is 0 Å². The summed E-state index contributed by atoms with van der Waals surface area (Å²) in [4.78, 5) is 246.